The summed E-state index contributed by atoms with van der Waals surface area (Å²) in [4.78, 5) is 2.21. The molecule has 0 aromatic heterocycles. The molecule has 0 aliphatic heterocycles. The zero-order chi connectivity index (χ0) is 13.5. The standard InChI is InChI=1S/C15H23N3/c1-5-18(6-2)15-8-7-13(9-14(15)10-16)11-17-12(3)4/h7-9,12,17H,5-6,11H2,1-4H3. The summed E-state index contributed by atoms with van der Waals surface area (Å²) in [6.45, 7) is 11.1. The van der Waals surface area contributed by atoms with Gasteiger partial charge in [-0.3, -0.25) is 0 Å². The van der Waals surface area contributed by atoms with Crippen molar-refractivity contribution in [3.63, 3.8) is 0 Å². The smallest absolute Gasteiger partial charge is 0.101 e. The summed E-state index contributed by atoms with van der Waals surface area (Å²) in [7, 11) is 0. The maximum atomic E-state index is 9.26. The monoisotopic (exact) mass is 245 g/mol. The van der Waals surface area contributed by atoms with Crippen LogP contribution >= 0.6 is 0 Å². The number of nitrogens with one attached hydrogen (secondary N) is 1. The lowest BCUT2D eigenvalue weighted by molar-refractivity contribution is 0.589. The molecule has 0 saturated heterocycles. The first-order valence-electron chi connectivity index (χ1n) is 6.63. The molecule has 0 spiro atoms. The molecule has 0 bridgehead atoms. The fourth-order valence-electron chi connectivity index (χ4n) is 1.94. The van der Waals surface area contributed by atoms with Crippen LogP contribution in [0, 0.1) is 11.3 Å². The highest BCUT2D eigenvalue weighted by molar-refractivity contribution is 5.60. The van der Waals surface area contributed by atoms with Crippen LogP contribution in [0.1, 0.15) is 38.8 Å². The molecule has 1 aromatic rings. The quantitative estimate of drug-likeness (QED) is 0.837. The SMILES string of the molecule is CCN(CC)c1ccc(CNC(C)C)cc1C#N. The molecule has 1 rings (SSSR count). The summed E-state index contributed by atoms with van der Waals surface area (Å²) in [5.74, 6) is 0. The van der Waals surface area contributed by atoms with Gasteiger partial charge in [-0.1, -0.05) is 19.9 Å². The normalized spacial score (nSPS) is 10.4. The maximum absolute atomic E-state index is 9.26. The van der Waals surface area contributed by atoms with E-state index in [0.717, 1.165) is 36.4 Å². The zero-order valence-electron chi connectivity index (χ0n) is 11.8. The number of hydrogen-bond acceptors (Lipinski definition) is 3. The fourth-order valence-corrected chi connectivity index (χ4v) is 1.94. The number of rotatable bonds is 6. The Morgan fingerprint density at radius 3 is 2.44 bits per heavy atom. The van der Waals surface area contributed by atoms with Gasteiger partial charge in [0.2, 0.25) is 0 Å². The fraction of sp³-hybridized carbons (Fsp3) is 0.533. The number of nitriles is 1. The predicted octanol–water partition coefficient (Wildman–Crippen LogP) is 2.90. The van der Waals surface area contributed by atoms with Gasteiger partial charge in [-0.05, 0) is 31.5 Å². The Hall–Kier alpha value is -1.53. The van der Waals surface area contributed by atoms with Crippen LogP contribution in [0.15, 0.2) is 18.2 Å². The third-order valence-electron chi connectivity index (χ3n) is 3.00. The van der Waals surface area contributed by atoms with Gasteiger partial charge in [0.15, 0.2) is 0 Å². The molecular formula is C15H23N3. The minimum absolute atomic E-state index is 0.456. The van der Waals surface area contributed by atoms with E-state index >= 15 is 0 Å². The average Bonchev–Trinajstić information content (AvgIpc) is 2.38. The van der Waals surface area contributed by atoms with Gasteiger partial charge in [-0.15, -0.1) is 0 Å². The zero-order valence-corrected chi connectivity index (χ0v) is 11.8. The summed E-state index contributed by atoms with van der Waals surface area (Å²) in [5.41, 5.74) is 2.97. The van der Waals surface area contributed by atoms with Crippen LogP contribution in [0.2, 0.25) is 0 Å². The topological polar surface area (TPSA) is 39.1 Å². The van der Waals surface area contributed by atoms with Gasteiger partial charge in [0.05, 0.1) is 11.3 Å². The van der Waals surface area contributed by atoms with Crippen LogP contribution in [0.25, 0.3) is 0 Å². The molecular weight excluding hydrogens is 222 g/mol. The molecule has 0 amide bonds. The lowest BCUT2D eigenvalue weighted by atomic mass is 10.1. The van der Waals surface area contributed by atoms with Crippen LogP contribution in [0.3, 0.4) is 0 Å². The van der Waals surface area contributed by atoms with Crippen LogP contribution in [-0.4, -0.2) is 19.1 Å². The van der Waals surface area contributed by atoms with Crippen LogP contribution < -0.4 is 10.2 Å². The second-order valence-corrected chi connectivity index (χ2v) is 4.67. The third-order valence-corrected chi connectivity index (χ3v) is 3.00. The van der Waals surface area contributed by atoms with E-state index in [1.807, 2.05) is 6.07 Å². The second-order valence-electron chi connectivity index (χ2n) is 4.67. The second kappa shape index (κ2) is 7.03. The third kappa shape index (κ3) is 3.75. The van der Waals surface area contributed by atoms with E-state index in [-0.39, 0.29) is 0 Å². The van der Waals surface area contributed by atoms with Crippen LogP contribution in [0.4, 0.5) is 5.69 Å². The van der Waals surface area contributed by atoms with Crippen molar-refractivity contribution in [1.82, 2.24) is 5.32 Å². The number of anilines is 1. The van der Waals surface area contributed by atoms with Gasteiger partial charge < -0.3 is 10.2 Å². The van der Waals surface area contributed by atoms with E-state index in [0.29, 0.717) is 6.04 Å². The predicted molar refractivity (Wildman–Crippen MR) is 76.7 cm³/mol. The summed E-state index contributed by atoms with van der Waals surface area (Å²) in [5, 5.41) is 12.6. The molecule has 0 saturated carbocycles. The van der Waals surface area contributed by atoms with E-state index in [1.165, 1.54) is 0 Å². The van der Waals surface area contributed by atoms with Crippen molar-refractivity contribution in [2.24, 2.45) is 0 Å². The molecule has 0 fully saturated rings. The Balaban J connectivity index is 2.93. The molecule has 3 nitrogen and oxygen atoms in total. The summed E-state index contributed by atoms with van der Waals surface area (Å²) < 4.78 is 0. The highest BCUT2D eigenvalue weighted by Gasteiger charge is 2.09. The average molecular weight is 245 g/mol. The van der Waals surface area contributed by atoms with E-state index in [2.05, 4.69) is 56.1 Å². The molecule has 0 radical (unpaired) electrons. The maximum Gasteiger partial charge on any atom is 0.101 e. The van der Waals surface area contributed by atoms with Gasteiger partial charge in [0, 0.05) is 25.7 Å². The van der Waals surface area contributed by atoms with Crippen molar-refractivity contribution in [3.05, 3.63) is 29.3 Å². The molecule has 98 valence electrons. The van der Waals surface area contributed by atoms with E-state index in [1.54, 1.807) is 0 Å². The first-order valence-corrected chi connectivity index (χ1v) is 6.63. The van der Waals surface area contributed by atoms with Gasteiger partial charge in [0.1, 0.15) is 6.07 Å². The summed E-state index contributed by atoms with van der Waals surface area (Å²) in [6.07, 6.45) is 0. The molecule has 1 N–H and O–H groups in total. The first-order chi connectivity index (χ1) is 8.62. The van der Waals surface area contributed by atoms with Gasteiger partial charge >= 0.3 is 0 Å². The molecule has 0 atom stereocenters. The van der Waals surface area contributed by atoms with E-state index in [4.69, 9.17) is 0 Å². The molecule has 1 aromatic carbocycles. The largest absolute Gasteiger partial charge is 0.371 e. The Bertz CT molecular complexity index is 414. The Kier molecular flexibility index (Phi) is 5.67. The Morgan fingerprint density at radius 2 is 1.94 bits per heavy atom. The number of hydrogen-bond donors (Lipinski definition) is 1. The van der Waals surface area contributed by atoms with Crippen molar-refractivity contribution in [3.8, 4) is 6.07 Å². The molecule has 0 aliphatic rings. The minimum Gasteiger partial charge on any atom is -0.371 e. The summed E-state index contributed by atoms with van der Waals surface area (Å²) >= 11 is 0. The van der Waals surface area contributed by atoms with Crippen LogP contribution in [-0.2, 0) is 6.54 Å². The lowest BCUT2D eigenvalue weighted by Crippen LogP contribution is -2.24. The van der Waals surface area contributed by atoms with E-state index in [9.17, 15) is 5.26 Å². The molecule has 0 heterocycles. The van der Waals surface area contributed by atoms with Gasteiger partial charge in [-0.25, -0.2) is 0 Å². The minimum atomic E-state index is 0.456. The number of benzene rings is 1. The van der Waals surface area contributed by atoms with Crippen molar-refractivity contribution >= 4 is 5.69 Å². The highest BCUT2D eigenvalue weighted by atomic mass is 15.1. The lowest BCUT2D eigenvalue weighted by Gasteiger charge is -2.22. The Morgan fingerprint density at radius 1 is 1.28 bits per heavy atom. The van der Waals surface area contributed by atoms with Crippen molar-refractivity contribution in [1.29, 1.82) is 5.26 Å². The van der Waals surface area contributed by atoms with E-state index < -0.39 is 0 Å². The van der Waals surface area contributed by atoms with Gasteiger partial charge in [-0.2, -0.15) is 5.26 Å². The number of nitrogens with zero attached hydrogens (tertiary/aromatic N) is 2. The summed E-state index contributed by atoms with van der Waals surface area (Å²) in [6, 6.07) is 8.91. The first kappa shape index (κ1) is 14.5. The molecule has 0 unspecified atom stereocenters. The van der Waals surface area contributed by atoms with Crippen molar-refractivity contribution in [2.75, 3.05) is 18.0 Å². The van der Waals surface area contributed by atoms with Crippen molar-refractivity contribution in [2.45, 2.75) is 40.3 Å². The highest BCUT2D eigenvalue weighted by Crippen LogP contribution is 2.21. The molecule has 3 heteroatoms. The van der Waals surface area contributed by atoms with Crippen molar-refractivity contribution < 1.29 is 0 Å². The Labute approximate surface area is 110 Å². The molecule has 0 aliphatic carbocycles. The van der Waals surface area contributed by atoms with Gasteiger partial charge in [0.25, 0.3) is 0 Å². The molecule has 18 heavy (non-hydrogen) atoms. The van der Waals surface area contributed by atoms with Crippen LogP contribution in [0.5, 0.6) is 0 Å².